The number of benzene rings is 1. The van der Waals surface area contributed by atoms with Crippen molar-refractivity contribution in [2.45, 2.75) is 19.9 Å². The third-order valence-electron chi connectivity index (χ3n) is 2.47. The van der Waals surface area contributed by atoms with Gasteiger partial charge in [-0.15, -0.1) is 0 Å². The van der Waals surface area contributed by atoms with E-state index in [2.05, 4.69) is 0 Å². The molecule has 3 heteroatoms. The molecule has 15 heavy (non-hydrogen) atoms. The molecule has 0 bridgehead atoms. The van der Waals surface area contributed by atoms with E-state index in [-0.39, 0.29) is 0 Å². The SMILES string of the molecule is Cc1ccc(C(C(=O)O)N(C)C)c(C)c1. The second-order valence-corrected chi connectivity index (χ2v) is 4.06. The van der Waals surface area contributed by atoms with Gasteiger partial charge in [0.05, 0.1) is 0 Å². The van der Waals surface area contributed by atoms with Crippen molar-refractivity contribution in [3.63, 3.8) is 0 Å². The van der Waals surface area contributed by atoms with Crippen molar-refractivity contribution in [2.75, 3.05) is 14.1 Å². The van der Waals surface area contributed by atoms with Gasteiger partial charge in [-0.05, 0) is 39.1 Å². The quantitative estimate of drug-likeness (QED) is 0.824. The summed E-state index contributed by atoms with van der Waals surface area (Å²) in [6.07, 6.45) is 0. The summed E-state index contributed by atoms with van der Waals surface area (Å²) in [5, 5.41) is 9.15. The first kappa shape index (κ1) is 11.7. The molecule has 1 atom stereocenters. The zero-order valence-corrected chi connectivity index (χ0v) is 9.61. The Morgan fingerprint density at radius 2 is 1.93 bits per heavy atom. The molecule has 0 fully saturated rings. The molecule has 0 amide bonds. The molecule has 82 valence electrons. The topological polar surface area (TPSA) is 40.5 Å². The summed E-state index contributed by atoms with van der Waals surface area (Å²) in [6.45, 7) is 3.95. The summed E-state index contributed by atoms with van der Waals surface area (Å²) < 4.78 is 0. The lowest BCUT2D eigenvalue weighted by atomic mass is 9.99. The monoisotopic (exact) mass is 207 g/mol. The zero-order chi connectivity index (χ0) is 11.6. The third kappa shape index (κ3) is 2.57. The van der Waals surface area contributed by atoms with Crippen molar-refractivity contribution in [2.24, 2.45) is 0 Å². The zero-order valence-electron chi connectivity index (χ0n) is 9.61. The lowest BCUT2D eigenvalue weighted by molar-refractivity contribution is -0.142. The largest absolute Gasteiger partial charge is 0.480 e. The van der Waals surface area contributed by atoms with Crippen LogP contribution in [0.3, 0.4) is 0 Å². The molecule has 0 saturated carbocycles. The highest BCUT2D eigenvalue weighted by atomic mass is 16.4. The van der Waals surface area contributed by atoms with Crippen LogP contribution in [0.1, 0.15) is 22.7 Å². The highest BCUT2D eigenvalue weighted by Gasteiger charge is 2.23. The number of likely N-dealkylation sites (N-methyl/N-ethyl adjacent to an activating group) is 1. The van der Waals surface area contributed by atoms with Crippen molar-refractivity contribution in [3.05, 3.63) is 34.9 Å². The van der Waals surface area contributed by atoms with Crippen LogP contribution in [0, 0.1) is 13.8 Å². The number of hydrogen-bond acceptors (Lipinski definition) is 2. The van der Waals surface area contributed by atoms with Crippen LogP contribution in [-0.4, -0.2) is 30.1 Å². The number of carboxylic acids is 1. The van der Waals surface area contributed by atoms with Crippen LogP contribution in [0.4, 0.5) is 0 Å². The molecule has 0 aromatic heterocycles. The second-order valence-electron chi connectivity index (χ2n) is 4.06. The van der Waals surface area contributed by atoms with Gasteiger partial charge in [0, 0.05) is 0 Å². The number of nitrogens with zero attached hydrogens (tertiary/aromatic N) is 1. The molecule has 1 aromatic rings. The van der Waals surface area contributed by atoms with Crippen LogP contribution < -0.4 is 0 Å². The fraction of sp³-hybridized carbons (Fsp3) is 0.417. The van der Waals surface area contributed by atoms with E-state index < -0.39 is 12.0 Å². The van der Waals surface area contributed by atoms with Crippen molar-refractivity contribution >= 4 is 5.97 Å². The van der Waals surface area contributed by atoms with Crippen molar-refractivity contribution < 1.29 is 9.90 Å². The molecular weight excluding hydrogens is 190 g/mol. The van der Waals surface area contributed by atoms with Gasteiger partial charge < -0.3 is 5.11 Å². The van der Waals surface area contributed by atoms with Crippen LogP contribution in [0.15, 0.2) is 18.2 Å². The molecule has 0 aliphatic carbocycles. The number of aliphatic carboxylic acids is 1. The molecule has 0 spiro atoms. The van der Waals surface area contributed by atoms with Gasteiger partial charge in [-0.25, -0.2) is 0 Å². The third-order valence-corrected chi connectivity index (χ3v) is 2.47. The minimum Gasteiger partial charge on any atom is -0.480 e. The van der Waals surface area contributed by atoms with Crippen LogP contribution >= 0.6 is 0 Å². The first-order chi connectivity index (χ1) is 6.93. The molecule has 0 aliphatic rings. The molecule has 1 N–H and O–H groups in total. The molecule has 0 radical (unpaired) electrons. The minimum atomic E-state index is -0.813. The highest BCUT2D eigenvalue weighted by Crippen LogP contribution is 2.22. The van der Waals surface area contributed by atoms with E-state index in [1.807, 2.05) is 32.0 Å². The smallest absolute Gasteiger partial charge is 0.325 e. The Morgan fingerprint density at radius 3 is 2.33 bits per heavy atom. The molecule has 1 unspecified atom stereocenters. The van der Waals surface area contributed by atoms with Crippen LogP contribution in [0.2, 0.25) is 0 Å². The van der Waals surface area contributed by atoms with E-state index in [4.69, 9.17) is 5.11 Å². The van der Waals surface area contributed by atoms with E-state index >= 15 is 0 Å². The normalized spacial score (nSPS) is 12.9. The fourth-order valence-electron chi connectivity index (χ4n) is 1.76. The Labute approximate surface area is 90.3 Å². The second kappa shape index (κ2) is 4.45. The molecule has 0 saturated heterocycles. The predicted molar refractivity (Wildman–Crippen MR) is 60.0 cm³/mol. The van der Waals surface area contributed by atoms with Crippen molar-refractivity contribution in [1.82, 2.24) is 4.90 Å². The molecule has 1 rings (SSSR count). The molecule has 0 heterocycles. The number of aryl methyl sites for hydroxylation is 2. The van der Waals surface area contributed by atoms with Crippen LogP contribution in [0.25, 0.3) is 0 Å². The van der Waals surface area contributed by atoms with Gasteiger partial charge in [0.2, 0.25) is 0 Å². The van der Waals surface area contributed by atoms with E-state index in [0.717, 1.165) is 16.7 Å². The lowest BCUT2D eigenvalue weighted by Crippen LogP contribution is -2.28. The lowest BCUT2D eigenvalue weighted by Gasteiger charge is -2.22. The molecule has 3 nitrogen and oxygen atoms in total. The van der Waals surface area contributed by atoms with Gasteiger partial charge >= 0.3 is 5.97 Å². The summed E-state index contributed by atoms with van der Waals surface area (Å²) in [5.41, 5.74) is 3.04. The van der Waals surface area contributed by atoms with Gasteiger partial charge in [-0.3, -0.25) is 9.69 Å². The summed E-state index contributed by atoms with van der Waals surface area (Å²) in [7, 11) is 3.55. The maximum absolute atomic E-state index is 11.1. The number of carbonyl (C=O) groups is 1. The van der Waals surface area contributed by atoms with E-state index in [9.17, 15) is 4.79 Å². The molecular formula is C12H17NO2. The van der Waals surface area contributed by atoms with Gasteiger partial charge in [0.1, 0.15) is 6.04 Å². The Hall–Kier alpha value is -1.35. The fourth-order valence-corrected chi connectivity index (χ4v) is 1.76. The Balaban J connectivity index is 3.17. The summed E-state index contributed by atoms with van der Waals surface area (Å²) >= 11 is 0. The molecule has 1 aromatic carbocycles. The summed E-state index contributed by atoms with van der Waals surface area (Å²) in [5.74, 6) is -0.813. The average molecular weight is 207 g/mol. The van der Waals surface area contributed by atoms with Crippen LogP contribution in [0.5, 0.6) is 0 Å². The average Bonchev–Trinajstić information content (AvgIpc) is 2.08. The number of carboxylic acid groups (broad SMARTS) is 1. The summed E-state index contributed by atoms with van der Waals surface area (Å²) in [6, 6.07) is 5.28. The van der Waals surface area contributed by atoms with E-state index in [1.165, 1.54) is 0 Å². The van der Waals surface area contributed by atoms with Gasteiger partial charge in [-0.1, -0.05) is 23.8 Å². The predicted octanol–water partition coefficient (Wildman–Crippen LogP) is 1.99. The highest BCUT2D eigenvalue weighted by molar-refractivity contribution is 5.76. The first-order valence-corrected chi connectivity index (χ1v) is 4.90. The number of rotatable bonds is 3. The van der Waals surface area contributed by atoms with Crippen molar-refractivity contribution in [3.8, 4) is 0 Å². The maximum atomic E-state index is 11.1. The Bertz CT molecular complexity index is 372. The maximum Gasteiger partial charge on any atom is 0.325 e. The minimum absolute atomic E-state index is 0.564. The Morgan fingerprint density at radius 1 is 1.33 bits per heavy atom. The molecule has 0 aliphatic heterocycles. The Kier molecular flexibility index (Phi) is 3.48. The van der Waals surface area contributed by atoms with Crippen molar-refractivity contribution in [1.29, 1.82) is 0 Å². The van der Waals surface area contributed by atoms with E-state index in [1.54, 1.807) is 19.0 Å². The van der Waals surface area contributed by atoms with E-state index in [0.29, 0.717) is 0 Å². The standard InChI is InChI=1S/C12H17NO2/c1-8-5-6-10(9(2)7-8)11(12(14)15)13(3)4/h5-7,11H,1-4H3,(H,14,15). The summed E-state index contributed by atoms with van der Waals surface area (Å²) in [4.78, 5) is 12.8. The first-order valence-electron chi connectivity index (χ1n) is 4.90. The van der Waals surface area contributed by atoms with Gasteiger partial charge in [-0.2, -0.15) is 0 Å². The number of hydrogen-bond donors (Lipinski definition) is 1. The van der Waals surface area contributed by atoms with Gasteiger partial charge in [0.25, 0.3) is 0 Å². The van der Waals surface area contributed by atoms with Gasteiger partial charge in [0.15, 0.2) is 0 Å². The van der Waals surface area contributed by atoms with Crippen LogP contribution in [-0.2, 0) is 4.79 Å².